The molecule has 156 valence electrons. The van der Waals surface area contributed by atoms with E-state index in [0.29, 0.717) is 34.9 Å². The number of carbonyl (C=O) groups excluding carboxylic acids is 1. The molecule has 0 aliphatic heterocycles. The predicted molar refractivity (Wildman–Crippen MR) is 114 cm³/mol. The van der Waals surface area contributed by atoms with E-state index in [1.54, 1.807) is 43.4 Å². The SMILES string of the molecule is CCOc1cc(C(Nc2ccc(C(=N)N)cc2)C(=O)NNC)ccc1OC(C)C. The van der Waals surface area contributed by atoms with Crippen LogP contribution in [0.4, 0.5) is 5.69 Å². The van der Waals surface area contributed by atoms with Gasteiger partial charge in [-0.15, -0.1) is 0 Å². The first kappa shape index (κ1) is 22.0. The highest BCUT2D eigenvalue weighted by Crippen LogP contribution is 2.32. The Morgan fingerprint density at radius 2 is 1.83 bits per heavy atom. The maximum atomic E-state index is 12.7. The molecule has 6 N–H and O–H groups in total. The lowest BCUT2D eigenvalue weighted by molar-refractivity contribution is -0.122. The van der Waals surface area contributed by atoms with Crippen molar-refractivity contribution in [2.24, 2.45) is 5.73 Å². The van der Waals surface area contributed by atoms with Crippen molar-refractivity contribution in [2.45, 2.75) is 32.9 Å². The number of nitrogens with two attached hydrogens (primary N) is 1. The molecule has 1 unspecified atom stereocenters. The molecule has 2 aromatic rings. The second-order valence-corrected chi connectivity index (χ2v) is 6.61. The van der Waals surface area contributed by atoms with E-state index < -0.39 is 6.04 Å². The highest BCUT2D eigenvalue weighted by atomic mass is 16.5. The van der Waals surface area contributed by atoms with E-state index >= 15 is 0 Å². The van der Waals surface area contributed by atoms with E-state index in [1.165, 1.54) is 0 Å². The van der Waals surface area contributed by atoms with Crippen LogP contribution in [0.25, 0.3) is 0 Å². The maximum absolute atomic E-state index is 12.7. The molecule has 0 radical (unpaired) electrons. The van der Waals surface area contributed by atoms with Crippen LogP contribution in [0.15, 0.2) is 42.5 Å². The first-order chi connectivity index (χ1) is 13.8. The Kier molecular flexibility index (Phi) is 7.85. The number of hydrogen-bond acceptors (Lipinski definition) is 6. The highest BCUT2D eigenvalue weighted by Gasteiger charge is 2.22. The van der Waals surface area contributed by atoms with E-state index in [0.717, 1.165) is 0 Å². The minimum absolute atomic E-state index is 0.00126. The number of rotatable bonds is 10. The van der Waals surface area contributed by atoms with E-state index in [-0.39, 0.29) is 17.8 Å². The fourth-order valence-electron chi connectivity index (χ4n) is 2.73. The summed E-state index contributed by atoms with van der Waals surface area (Å²) in [5, 5.41) is 10.7. The van der Waals surface area contributed by atoms with E-state index in [9.17, 15) is 4.79 Å². The summed E-state index contributed by atoms with van der Waals surface area (Å²) in [5.74, 6) is 0.935. The average molecular weight is 399 g/mol. The number of hydrogen-bond donors (Lipinski definition) is 5. The Balaban J connectivity index is 2.37. The van der Waals surface area contributed by atoms with Gasteiger partial charge in [0, 0.05) is 18.3 Å². The van der Waals surface area contributed by atoms with Crippen molar-refractivity contribution in [3.05, 3.63) is 53.6 Å². The summed E-state index contributed by atoms with van der Waals surface area (Å²) in [7, 11) is 1.63. The van der Waals surface area contributed by atoms with Crippen molar-refractivity contribution in [2.75, 3.05) is 19.0 Å². The standard InChI is InChI=1S/C21H29N5O3/c1-5-28-18-12-15(8-11-17(18)29-13(2)3)19(21(27)26-24-4)25-16-9-6-14(7-10-16)20(22)23/h6-13,19,24-25H,5H2,1-4H3,(H3,22,23)(H,26,27). The monoisotopic (exact) mass is 399 g/mol. The van der Waals surface area contributed by atoms with Crippen LogP contribution in [0.2, 0.25) is 0 Å². The normalized spacial score (nSPS) is 11.6. The summed E-state index contributed by atoms with van der Waals surface area (Å²) in [6.07, 6.45) is 0.00126. The van der Waals surface area contributed by atoms with Crippen LogP contribution >= 0.6 is 0 Å². The van der Waals surface area contributed by atoms with Crippen molar-refractivity contribution >= 4 is 17.4 Å². The van der Waals surface area contributed by atoms with Crippen molar-refractivity contribution < 1.29 is 14.3 Å². The van der Waals surface area contributed by atoms with Crippen molar-refractivity contribution in [3.63, 3.8) is 0 Å². The van der Waals surface area contributed by atoms with Crippen molar-refractivity contribution in [1.82, 2.24) is 10.9 Å². The molecular formula is C21H29N5O3. The van der Waals surface area contributed by atoms with Crippen LogP contribution < -0.4 is 31.4 Å². The Morgan fingerprint density at radius 3 is 2.38 bits per heavy atom. The number of ether oxygens (including phenoxy) is 2. The molecule has 29 heavy (non-hydrogen) atoms. The van der Waals surface area contributed by atoms with Crippen LogP contribution in [0.3, 0.4) is 0 Å². The molecule has 0 fully saturated rings. The molecule has 2 aromatic carbocycles. The number of hydrazine groups is 1. The number of amides is 1. The van der Waals surface area contributed by atoms with Gasteiger partial charge in [0.25, 0.3) is 5.91 Å². The first-order valence-electron chi connectivity index (χ1n) is 9.46. The van der Waals surface area contributed by atoms with Gasteiger partial charge in [0.05, 0.1) is 12.7 Å². The molecule has 0 bridgehead atoms. The Labute approximate surface area is 171 Å². The largest absolute Gasteiger partial charge is 0.490 e. The van der Waals surface area contributed by atoms with Crippen LogP contribution in [0, 0.1) is 5.41 Å². The van der Waals surface area contributed by atoms with Gasteiger partial charge in [-0.3, -0.25) is 15.6 Å². The smallest absolute Gasteiger partial charge is 0.261 e. The number of anilines is 1. The predicted octanol–water partition coefficient (Wildman–Crippen LogP) is 2.56. The Bertz CT molecular complexity index is 837. The van der Waals surface area contributed by atoms with Crippen LogP contribution in [-0.4, -0.2) is 31.5 Å². The lowest BCUT2D eigenvalue weighted by Crippen LogP contribution is -2.40. The lowest BCUT2D eigenvalue weighted by atomic mass is 10.0. The van der Waals surface area contributed by atoms with Gasteiger partial charge < -0.3 is 20.5 Å². The third-order valence-corrected chi connectivity index (χ3v) is 3.98. The zero-order valence-corrected chi connectivity index (χ0v) is 17.2. The zero-order valence-electron chi connectivity index (χ0n) is 17.2. The minimum atomic E-state index is -0.682. The second-order valence-electron chi connectivity index (χ2n) is 6.61. The molecule has 1 amide bonds. The fraction of sp³-hybridized carbons (Fsp3) is 0.333. The molecular weight excluding hydrogens is 370 g/mol. The van der Waals surface area contributed by atoms with Gasteiger partial charge in [-0.2, -0.15) is 0 Å². The number of benzene rings is 2. The van der Waals surface area contributed by atoms with Crippen molar-refractivity contribution in [1.29, 1.82) is 5.41 Å². The van der Waals surface area contributed by atoms with Gasteiger partial charge in [0.15, 0.2) is 11.5 Å². The third kappa shape index (κ3) is 6.11. The van der Waals surface area contributed by atoms with Crippen LogP contribution in [0.1, 0.15) is 37.9 Å². The van der Waals surface area contributed by atoms with Gasteiger partial charge in [-0.05, 0) is 62.7 Å². The van der Waals surface area contributed by atoms with Crippen molar-refractivity contribution in [3.8, 4) is 11.5 Å². The summed E-state index contributed by atoms with van der Waals surface area (Å²) in [4.78, 5) is 12.7. The third-order valence-electron chi connectivity index (χ3n) is 3.98. The van der Waals surface area contributed by atoms with Gasteiger partial charge in [-0.1, -0.05) is 6.07 Å². The molecule has 8 heteroatoms. The number of carbonyl (C=O) groups is 1. The van der Waals surface area contributed by atoms with E-state index in [4.69, 9.17) is 20.6 Å². The van der Waals surface area contributed by atoms with Crippen LogP contribution in [0.5, 0.6) is 11.5 Å². The van der Waals surface area contributed by atoms with E-state index in [1.807, 2.05) is 26.8 Å². The zero-order chi connectivity index (χ0) is 21.4. The first-order valence-corrected chi connectivity index (χ1v) is 9.46. The Hall–Kier alpha value is -3.26. The molecule has 0 heterocycles. The number of amidine groups is 1. The molecule has 0 saturated carbocycles. The molecule has 8 nitrogen and oxygen atoms in total. The average Bonchev–Trinajstić information content (AvgIpc) is 2.68. The summed E-state index contributed by atoms with van der Waals surface area (Å²) < 4.78 is 11.5. The quantitative estimate of drug-likeness (QED) is 0.238. The van der Waals surface area contributed by atoms with Gasteiger partial charge in [0.1, 0.15) is 11.9 Å². The van der Waals surface area contributed by atoms with Gasteiger partial charge >= 0.3 is 0 Å². The highest BCUT2D eigenvalue weighted by molar-refractivity contribution is 5.95. The second kappa shape index (κ2) is 10.3. The summed E-state index contributed by atoms with van der Waals surface area (Å²) in [6, 6.07) is 11.8. The van der Waals surface area contributed by atoms with E-state index in [2.05, 4.69) is 16.2 Å². The fourth-order valence-corrected chi connectivity index (χ4v) is 2.73. The van der Waals surface area contributed by atoms with Gasteiger partial charge in [-0.25, -0.2) is 5.43 Å². The molecule has 0 aliphatic rings. The van der Waals surface area contributed by atoms with Crippen LogP contribution in [-0.2, 0) is 4.79 Å². The molecule has 0 aliphatic carbocycles. The summed E-state index contributed by atoms with van der Waals surface area (Å²) in [5.41, 5.74) is 12.8. The molecule has 0 spiro atoms. The van der Waals surface area contributed by atoms with Gasteiger partial charge in [0.2, 0.25) is 0 Å². The molecule has 2 rings (SSSR count). The number of nitrogen functional groups attached to an aromatic ring is 1. The Morgan fingerprint density at radius 1 is 1.14 bits per heavy atom. The maximum Gasteiger partial charge on any atom is 0.261 e. The number of nitrogens with one attached hydrogen (secondary N) is 4. The lowest BCUT2D eigenvalue weighted by Gasteiger charge is -2.22. The summed E-state index contributed by atoms with van der Waals surface area (Å²) >= 11 is 0. The molecule has 1 atom stereocenters. The molecule has 0 aromatic heterocycles. The topological polar surface area (TPSA) is 121 Å². The molecule has 0 saturated heterocycles. The summed E-state index contributed by atoms with van der Waals surface area (Å²) in [6.45, 7) is 6.26. The minimum Gasteiger partial charge on any atom is -0.490 e.